The number of benzene rings is 1. The molecule has 0 aromatic heterocycles. The average molecular weight is 429 g/mol. The molecule has 0 bridgehead atoms. The van der Waals surface area contributed by atoms with Crippen LogP contribution in [0.4, 0.5) is 0 Å². The fourth-order valence-corrected chi connectivity index (χ4v) is 5.84. The fraction of sp³-hybridized carbons (Fsp3) is 0.793. The maximum atomic E-state index is 6.52. The second-order valence-electron chi connectivity index (χ2n) is 10.4. The molecule has 0 amide bonds. The van der Waals surface area contributed by atoms with Gasteiger partial charge in [-0.25, -0.2) is 0 Å². The Morgan fingerprint density at radius 1 is 0.710 bits per heavy atom. The molecule has 2 aliphatic rings. The monoisotopic (exact) mass is 428 g/mol. The third-order valence-corrected chi connectivity index (χ3v) is 7.84. The minimum Gasteiger partial charge on any atom is -0.494 e. The zero-order valence-electron chi connectivity index (χ0n) is 20.7. The van der Waals surface area contributed by atoms with Gasteiger partial charge in [-0.1, -0.05) is 65.7 Å². The standard InChI is InChI=1S/C29H48O2/c1-4-7-9-24-14-16-26(17-15-24)28-21-27(30-20-6-3)18-19-29(28)31-22-25-12-10-23(8-5-2)11-13-25/h18-19,21,23-26H,4-17,20,22H2,1-3H3. The third kappa shape index (κ3) is 7.72. The Kier molecular flexibility index (Phi) is 10.6. The zero-order valence-corrected chi connectivity index (χ0v) is 20.7. The maximum Gasteiger partial charge on any atom is 0.123 e. The van der Waals surface area contributed by atoms with E-state index >= 15 is 0 Å². The van der Waals surface area contributed by atoms with E-state index in [1.54, 1.807) is 0 Å². The Labute approximate surface area is 192 Å². The molecule has 2 saturated carbocycles. The highest BCUT2D eigenvalue weighted by atomic mass is 16.5. The van der Waals surface area contributed by atoms with Crippen LogP contribution in [-0.2, 0) is 0 Å². The molecule has 0 N–H and O–H groups in total. The van der Waals surface area contributed by atoms with Crippen molar-refractivity contribution in [3.8, 4) is 11.5 Å². The van der Waals surface area contributed by atoms with E-state index in [4.69, 9.17) is 9.47 Å². The van der Waals surface area contributed by atoms with E-state index in [-0.39, 0.29) is 0 Å². The second-order valence-corrected chi connectivity index (χ2v) is 10.4. The molecule has 2 aliphatic carbocycles. The fourth-order valence-electron chi connectivity index (χ4n) is 5.84. The normalized spacial score (nSPS) is 26.5. The van der Waals surface area contributed by atoms with E-state index in [9.17, 15) is 0 Å². The lowest BCUT2D eigenvalue weighted by Crippen LogP contribution is -2.21. The van der Waals surface area contributed by atoms with Crippen LogP contribution in [0.15, 0.2) is 18.2 Å². The molecule has 1 aromatic rings. The van der Waals surface area contributed by atoms with Crippen LogP contribution in [0.2, 0.25) is 0 Å². The molecule has 31 heavy (non-hydrogen) atoms. The molecule has 0 radical (unpaired) electrons. The predicted octanol–water partition coefficient (Wildman–Crippen LogP) is 8.92. The van der Waals surface area contributed by atoms with Crippen molar-refractivity contribution in [1.29, 1.82) is 0 Å². The largest absolute Gasteiger partial charge is 0.494 e. The lowest BCUT2D eigenvalue weighted by molar-refractivity contribution is 0.176. The summed E-state index contributed by atoms with van der Waals surface area (Å²) >= 11 is 0. The van der Waals surface area contributed by atoms with E-state index in [1.807, 2.05) is 0 Å². The van der Waals surface area contributed by atoms with Crippen LogP contribution < -0.4 is 9.47 Å². The van der Waals surface area contributed by atoms with Gasteiger partial charge in [-0.05, 0) is 86.8 Å². The Bertz CT molecular complexity index is 609. The molecule has 1 aromatic carbocycles. The highest BCUT2D eigenvalue weighted by Crippen LogP contribution is 2.42. The van der Waals surface area contributed by atoms with Crippen molar-refractivity contribution in [2.45, 2.75) is 117 Å². The van der Waals surface area contributed by atoms with Gasteiger partial charge in [0.2, 0.25) is 0 Å². The van der Waals surface area contributed by atoms with Crippen LogP contribution in [0.1, 0.15) is 122 Å². The van der Waals surface area contributed by atoms with E-state index < -0.39 is 0 Å². The highest BCUT2D eigenvalue weighted by molar-refractivity contribution is 5.43. The lowest BCUT2D eigenvalue weighted by Gasteiger charge is -2.31. The minimum absolute atomic E-state index is 0.637. The topological polar surface area (TPSA) is 18.5 Å². The molecule has 0 saturated heterocycles. The number of unbranched alkanes of at least 4 members (excludes halogenated alkanes) is 1. The Hall–Kier alpha value is -1.18. The van der Waals surface area contributed by atoms with Gasteiger partial charge >= 0.3 is 0 Å². The van der Waals surface area contributed by atoms with Crippen LogP contribution in [0.3, 0.4) is 0 Å². The molecule has 0 unspecified atom stereocenters. The van der Waals surface area contributed by atoms with Gasteiger partial charge in [-0.2, -0.15) is 0 Å². The van der Waals surface area contributed by atoms with Gasteiger partial charge in [-0.15, -0.1) is 0 Å². The summed E-state index contributed by atoms with van der Waals surface area (Å²) in [6.07, 6.45) is 18.8. The van der Waals surface area contributed by atoms with E-state index in [1.165, 1.54) is 89.0 Å². The molecule has 0 aliphatic heterocycles. The maximum absolute atomic E-state index is 6.52. The molecular formula is C29H48O2. The molecule has 0 heterocycles. The highest BCUT2D eigenvalue weighted by Gasteiger charge is 2.26. The van der Waals surface area contributed by atoms with Crippen LogP contribution >= 0.6 is 0 Å². The quantitative estimate of drug-likeness (QED) is 0.331. The van der Waals surface area contributed by atoms with Crippen molar-refractivity contribution < 1.29 is 9.47 Å². The van der Waals surface area contributed by atoms with Gasteiger partial charge in [0.05, 0.1) is 13.2 Å². The van der Waals surface area contributed by atoms with E-state index in [2.05, 4.69) is 39.0 Å². The first-order valence-electron chi connectivity index (χ1n) is 13.6. The van der Waals surface area contributed by atoms with Crippen LogP contribution in [0.5, 0.6) is 11.5 Å². The summed E-state index contributed by atoms with van der Waals surface area (Å²) in [7, 11) is 0. The minimum atomic E-state index is 0.637. The van der Waals surface area contributed by atoms with Crippen LogP contribution in [0, 0.1) is 17.8 Å². The number of hydrogen-bond acceptors (Lipinski definition) is 2. The molecule has 2 fully saturated rings. The third-order valence-electron chi connectivity index (χ3n) is 7.84. The number of ether oxygens (including phenoxy) is 2. The van der Waals surface area contributed by atoms with Crippen LogP contribution in [-0.4, -0.2) is 13.2 Å². The first-order valence-corrected chi connectivity index (χ1v) is 13.6. The van der Waals surface area contributed by atoms with Gasteiger partial charge < -0.3 is 9.47 Å². The van der Waals surface area contributed by atoms with Gasteiger partial charge in [0.1, 0.15) is 11.5 Å². The SMILES string of the molecule is CCCCC1CCC(c2cc(OCCC)ccc2OCC2CCC(CCC)CC2)CC1. The van der Waals surface area contributed by atoms with Gasteiger partial charge in [-0.3, -0.25) is 0 Å². The summed E-state index contributed by atoms with van der Waals surface area (Å²) < 4.78 is 12.5. The van der Waals surface area contributed by atoms with Crippen molar-refractivity contribution in [1.82, 2.24) is 0 Å². The summed E-state index contributed by atoms with van der Waals surface area (Å²) in [6.45, 7) is 8.50. The summed E-state index contributed by atoms with van der Waals surface area (Å²) in [5.74, 6) is 5.45. The first kappa shape index (κ1) is 24.5. The van der Waals surface area contributed by atoms with Gasteiger partial charge in [0.25, 0.3) is 0 Å². The summed E-state index contributed by atoms with van der Waals surface area (Å²) in [4.78, 5) is 0. The number of rotatable bonds is 12. The first-order chi connectivity index (χ1) is 15.2. The second kappa shape index (κ2) is 13.4. The van der Waals surface area contributed by atoms with Crippen molar-refractivity contribution in [3.05, 3.63) is 23.8 Å². The van der Waals surface area contributed by atoms with E-state index in [0.717, 1.165) is 48.9 Å². The van der Waals surface area contributed by atoms with E-state index in [0.29, 0.717) is 5.92 Å². The molecular weight excluding hydrogens is 380 g/mol. The van der Waals surface area contributed by atoms with Crippen molar-refractivity contribution in [2.24, 2.45) is 17.8 Å². The molecule has 176 valence electrons. The Morgan fingerprint density at radius 2 is 1.39 bits per heavy atom. The Balaban J connectivity index is 1.60. The lowest BCUT2D eigenvalue weighted by atomic mass is 9.77. The molecule has 3 rings (SSSR count). The summed E-state index contributed by atoms with van der Waals surface area (Å²) in [5, 5.41) is 0. The average Bonchev–Trinajstić information content (AvgIpc) is 2.82. The number of hydrogen-bond donors (Lipinski definition) is 0. The van der Waals surface area contributed by atoms with Gasteiger partial charge in [0, 0.05) is 5.56 Å². The molecule has 0 atom stereocenters. The smallest absolute Gasteiger partial charge is 0.123 e. The van der Waals surface area contributed by atoms with Gasteiger partial charge in [0.15, 0.2) is 0 Å². The Morgan fingerprint density at radius 3 is 2.06 bits per heavy atom. The summed E-state index contributed by atoms with van der Waals surface area (Å²) in [6, 6.07) is 6.63. The van der Waals surface area contributed by atoms with Crippen molar-refractivity contribution >= 4 is 0 Å². The zero-order chi connectivity index (χ0) is 21.9. The molecule has 0 spiro atoms. The molecule has 2 heteroatoms. The summed E-state index contributed by atoms with van der Waals surface area (Å²) in [5.41, 5.74) is 1.42. The molecule has 2 nitrogen and oxygen atoms in total. The van der Waals surface area contributed by atoms with Crippen molar-refractivity contribution in [2.75, 3.05) is 13.2 Å². The van der Waals surface area contributed by atoms with Crippen LogP contribution in [0.25, 0.3) is 0 Å². The predicted molar refractivity (Wildman–Crippen MR) is 132 cm³/mol. The van der Waals surface area contributed by atoms with Crippen molar-refractivity contribution in [3.63, 3.8) is 0 Å².